The molecule has 2 nitrogen and oxygen atoms in total. The molecule has 2 rings (SSSR count). The van der Waals surface area contributed by atoms with Crippen LogP contribution in [0.25, 0.3) is 0 Å². The van der Waals surface area contributed by atoms with Gasteiger partial charge in [0.1, 0.15) is 5.82 Å². The van der Waals surface area contributed by atoms with Gasteiger partial charge in [0, 0.05) is 26.2 Å². The molecule has 0 bridgehead atoms. The summed E-state index contributed by atoms with van der Waals surface area (Å²) in [7, 11) is 0. The third kappa shape index (κ3) is 3.80. The lowest BCUT2D eigenvalue weighted by Gasteiger charge is -2.32. The molecule has 0 unspecified atom stereocenters. The lowest BCUT2D eigenvalue weighted by molar-refractivity contribution is 0.434. The zero-order chi connectivity index (χ0) is 13.7. The Labute approximate surface area is 115 Å². The lowest BCUT2D eigenvalue weighted by Crippen LogP contribution is -2.33. The summed E-state index contributed by atoms with van der Waals surface area (Å²) in [5, 5.41) is 3.25. The van der Waals surface area contributed by atoms with Crippen molar-refractivity contribution in [3.05, 3.63) is 42.2 Å². The van der Waals surface area contributed by atoms with Crippen molar-refractivity contribution in [1.29, 1.82) is 0 Å². The average Bonchev–Trinajstić information content (AvgIpc) is 2.42. The molecule has 0 aliphatic carbocycles. The summed E-state index contributed by atoms with van der Waals surface area (Å²) in [5.74, 6) is 0.652. The first-order valence-electron chi connectivity index (χ1n) is 7.05. The first kappa shape index (κ1) is 14.1. The number of nitrogens with zero attached hydrogens (tertiary/aromatic N) is 1. The van der Waals surface area contributed by atoms with E-state index in [1.165, 1.54) is 0 Å². The van der Waals surface area contributed by atoms with Crippen LogP contribution in [-0.2, 0) is 6.54 Å². The van der Waals surface area contributed by atoms with Crippen molar-refractivity contribution < 1.29 is 4.39 Å². The summed E-state index contributed by atoms with van der Waals surface area (Å²) >= 11 is 0. The highest BCUT2D eigenvalue weighted by molar-refractivity contribution is 5.50. The van der Waals surface area contributed by atoms with Gasteiger partial charge in [0.25, 0.3) is 0 Å². The maximum atomic E-state index is 14.0. The average molecular weight is 262 g/mol. The molecular formula is C16H23FN2. The predicted molar refractivity (Wildman–Crippen MR) is 78.9 cm³/mol. The Morgan fingerprint density at radius 1 is 1.42 bits per heavy atom. The summed E-state index contributed by atoms with van der Waals surface area (Å²) in [6.45, 7) is 9.39. The number of hydrogen-bond acceptors (Lipinski definition) is 2. The van der Waals surface area contributed by atoms with Gasteiger partial charge in [-0.15, -0.1) is 6.58 Å². The molecule has 1 aromatic rings. The van der Waals surface area contributed by atoms with Crippen LogP contribution >= 0.6 is 0 Å². The molecule has 1 aliphatic rings. The van der Waals surface area contributed by atoms with Crippen LogP contribution in [0.3, 0.4) is 0 Å². The van der Waals surface area contributed by atoms with Crippen LogP contribution in [0.1, 0.15) is 25.3 Å². The second kappa shape index (κ2) is 6.71. The van der Waals surface area contributed by atoms with Crippen molar-refractivity contribution in [2.75, 3.05) is 24.5 Å². The van der Waals surface area contributed by atoms with Crippen LogP contribution in [0.15, 0.2) is 30.9 Å². The molecule has 1 heterocycles. The van der Waals surface area contributed by atoms with Gasteiger partial charge in [-0.2, -0.15) is 0 Å². The van der Waals surface area contributed by atoms with Crippen LogP contribution in [-0.4, -0.2) is 19.6 Å². The Morgan fingerprint density at radius 2 is 2.16 bits per heavy atom. The van der Waals surface area contributed by atoms with Gasteiger partial charge in [0.15, 0.2) is 0 Å². The molecule has 0 spiro atoms. The third-order valence-electron chi connectivity index (χ3n) is 3.75. The zero-order valence-corrected chi connectivity index (χ0v) is 11.7. The molecule has 0 atom stereocenters. The van der Waals surface area contributed by atoms with E-state index >= 15 is 0 Å². The molecule has 19 heavy (non-hydrogen) atoms. The second-order valence-corrected chi connectivity index (χ2v) is 5.37. The number of benzene rings is 1. The fraction of sp³-hybridized carbons (Fsp3) is 0.500. The van der Waals surface area contributed by atoms with Gasteiger partial charge in [0.05, 0.1) is 5.69 Å². The normalized spacial score (nSPS) is 16.6. The Hall–Kier alpha value is -1.35. The summed E-state index contributed by atoms with van der Waals surface area (Å²) in [6, 6.07) is 5.40. The molecule has 1 aromatic carbocycles. The fourth-order valence-corrected chi connectivity index (χ4v) is 2.48. The molecular weight excluding hydrogens is 239 g/mol. The minimum Gasteiger partial charge on any atom is -0.369 e. The van der Waals surface area contributed by atoms with E-state index in [9.17, 15) is 4.39 Å². The number of halogens is 1. The van der Waals surface area contributed by atoms with Crippen molar-refractivity contribution in [3.8, 4) is 0 Å². The number of nitrogens with one attached hydrogen (secondary N) is 1. The summed E-state index contributed by atoms with van der Waals surface area (Å²) in [4.78, 5) is 2.17. The molecule has 1 fully saturated rings. The molecule has 1 saturated heterocycles. The highest BCUT2D eigenvalue weighted by atomic mass is 19.1. The minimum atomic E-state index is -0.109. The maximum absolute atomic E-state index is 14.0. The van der Waals surface area contributed by atoms with E-state index in [2.05, 4.69) is 23.7 Å². The van der Waals surface area contributed by atoms with E-state index in [-0.39, 0.29) is 5.82 Å². The highest BCUT2D eigenvalue weighted by Gasteiger charge is 2.18. The van der Waals surface area contributed by atoms with E-state index < -0.39 is 0 Å². The monoisotopic (exact) mass is 262 g/mol. The number of anilines is 1. The molecule has 0 radical (unpaired) electrons. The van der Waals surface area contributed by atoms with Crippen molar-refractivity contribution >= 4 is 5.69 Å². The number of hydrogen-bond donors (Lipinski definition) is 1. The Kier molecular flexibility index (Phi) is 4.97. The van der Waals surface area contributed by atoms with Gasteiger partial charge >= 0.3 is 0 Å². The Bertz CT molecular complexity index is 423. The van der Waals surface area contributed by atoms with Gasteiger partial charge in [-0.25, -0.2) is 4.39 Å². The largest absolute Gasteiger partial charge is 0.369 e. The molecule has 1 N–H and O–H groups in total. The number of rotatable bonds is 5. The minimum absolute atomic E-state index is 0.109. The highest BCUT2D eigenvalue weighted by Crippen LogP contribution is 2.26. The lowest BCUT2D eigenvalue weighted by atomic mass is 9.98. The van der Waals surface area contributed by atoms with Crippen molar-refractivity contribution in [3.63, 3.8) is 0 Å². The Balaban J connectivity index is 2.06. The summed E-state index contributed by atoms with van der Waals surface area (Å²) < 4.78 is 14.0. The van der Waals surface area contributed by atoms with E-state index in [1.807, 2.05) is 18.2 Å². The summed E-state index contributed by atoms with van der Waals surface area (Å²) in [5.41, 5.74) is 1.88. The first-order chi connectivity index (χ1) is 9.20. The fourth-order valence-electron chi connectivity index (χ4n) is 2.48. The number of piperidine rings is 1. The first-order valence-corrected chi connectivity index (χ1v) is 7.05. The van der Waals surface area contributed by atoms with Gasteiger partial charge < -0.3 is 10.2 Å². The quantitative estimate of drug-likeness (QED) is 0.647. The van der Waals surface area contributed by atoms with Crippen LogP contribution in [0.4, 0.5) is 10.1 Å². The molecule has 3 heteroatoms. The molecule has 0 aromatic heterocycles. The molecule has 0 saturated carbocycles. The van der Waals surface area contributed by atoms with E-state index in [4.69, 9.17) is 0 Å². The van der Waals surface area contributed by atoms with Gasteiger partial charge in [0.2, 0.25) is 0 Å². The molecule has 0 amide bonds. The van der Waals surface area contributed by atoms with Crippen LogP contribution < -0.4 is 10.2 Å². The second-order valence-electron chi connectivity index (χ2n) is 5.37. The molecule has 1 aliphatic heterocycles. The van der Waals surface area contributed by atoms with Crippen molar-refractivity contribution in [2.24, 2.45) is 5.92 Å². The summed E-state index contributed by atoms with van der Waals surface area (Å²) in [6.07, 6.45) is 4.13. The smallest absolute Gasteiger partial charge is 0.146 e. The Morgan fingerprint density at radius 3 is 2.84 bits per heavy atom. The van der Waals surface area contributed by atoms with E-state index in [0.717, 1.165) is 56.2 Å². The zero-order valence-electron chi connectivity index (χ0n) is 11.7. The standard InChI is InChI=1S/C16H23FN2/c1-3-8-18-12-14-4-5-15(17)16(11-14)19-9-6-13(2)7-10-19/h3-5,11,13,18H,1,6-10,12H2,2H3. The van der Waals surface area contributed by atoms with Crippen LogP contribution in [0.2, 0.25) is 0 Å². The molecule has 104 valence electrons. The van der Waals surface area contributed by atoms with Crippen LogP contribution in [0, 0.1) is 11.7 Å². The van der Waals surface area contributed by atoms with Crippen LogP contribution in [0.5, 0.6) is 0 Å². The SMILES string of the molecule is C=CCNCc1ccc(F)c(N2CCC(C)CC2)c1. The van der Waals surface area contributed by atoms with Gasteiger partial charge in [-0.05, 0) is 36.5 Å². The van der Waals surface area contributed by atoms with Crippen molar-refractivity contribution in [2.45, 2.75) is 26.3 Å². The van der Waals surface area contributed by atoms with Gasteiger partial charge in [-0.1, -0.05) is 19.1 Å². The van der Waals surface area contributed by atoms with Gasteiger partial charge in [-0.3, -0.25) is 0 Å². The predicted octanol–water partition coefficient (Wildman–Crippen LogP) is 3.34. The maximum Gasteiger partial charge on any atom is 0.146 e. The van der Waals surface area contributed by atoms with Crippen molar-refractivity contribution in [1.82, 2.24) is 5.32 Å². The third-order valence-corrected chi connectivity index (χ3v) is 3.75. The van der Waals surface area contributed by atoms with E-state index in [1.54, 1.807) is 6.07 Å². The topological polar surface area (TPSA) is 15.3 Å². The van der Waals surface area contributed by atoms with E-state index in [0.29, 0.717) is 0 Å².